The molecule has 17 heavy (non-hydrogen) atoms. The number of nitrogens with zero attached hydrogens (tertiary/aromatic N) is 1. The summed E-state index contributed by atoms with van der Waals surface area (Å²) in [5, 5.41) is 14.1. The van der Waals surface area contributed by atoms with Gasteiger partial charge in [-0.05, 0) is 44.5 Å². The molecule has 0 saturated carbocycles. The van der Waals surface area contributed by atoms with Crippen LogP contribution in [0.15, 0.2) is 6.07 Å². The summed E-state index contributed by atoms with van der Waals surface area (Å²) in [7, 11) is 0. The molecule has 0 aliphatic rings. The zero-order valence-electron chi connectivity index (χ0n) is 11.3. The molecule has 1 heterocycles. The summed E-state index contributed by atoms with van der Waals surface area (Å²) in [6, 6.07) is 2.13. The van der Waals surface area contributed by atoms with Crippen LogP contribution in [-0.4, -0.2) is 29.8 Å². The predicted octanol–water partition coefficient (Wildman–Crippen LogP) is 1.70. The van der Waals surface area contributed by atoms with E-state index in [1.165, 1.54) is 12.1 Å². The molecule has 4 heteroatoms. The molecule has 0 bridgehead atoms. The van der Waals surface area contributed by atoms with Gasteiger partial charge in [-0.3, -0.25) is 5.10 Å². The topological polar surface area (TPSA) is 52.7 Å². The van der Waals surface area contributed by atoms with E-state index in [9.17, 15) is 0 Å². The van der Waals surface area contributed by atoms with Gasteiger partial charge in [0.25, 0.3) is 0 Å². The molecular weight excluding hydrogens is 212 g/mol. The summed E-state index contributed by atoms with van der Waals surface area (Å²) >= 11 is 0. The number of nitrogens with one attached hydrogen (secondary N) is 3. The lowest BCUT2D eigenvalue weighted by Gasteiger charge is -2.07. The number of aryl methyl sites for hydroxylation is 1. The van der Waals surface area contributed by atoms with Gasteiger partial charge in [0.1, 0.15) is 0 Å². The van der Waals surface area contributed by atoms with Gasteiger partial charge in [0.05, 0.1) is 5.69 Å². The first kappa shape index (κ1) is 14.2. The zero-order chi connectivity index (χ0) is 12.5. The molecule has 98 valence electrons. The van der Waals surface area contributed by atoms with Crippen LogP contribution in [0.4, 0.5) is 0 Å². The van der Waals surface area contributed by atoms with Crippen molar-refractivity contribution in [2.24, 2.45) is 5.92 Å². The van der Waals surface area contributed by atoms with E-state index in [0.29, 0.717) is 0 Å². The molecule has 0 saturated heterocycles. The van der Waals surface area contributed by atoms with Crippen LogP contribution in [0.2, 0.25) is 0 Å². The summed E-state index contributed by atoms with van der Waals surface area (Å²) in [4.78, 5) is 0. The molecule has 0 fully saturated rings. The van der Waals surface area contributed by atoms with Crippen molar-refractivity contribution in [1.29, 1.82) is 0 Å². The van der Waals surface area contributed by atoms with Gasteiger partial charge in [-0.25, -0.2) is 0 Å². The van der Waals surface area contributed by atoms with Crippen molar-refractivity contribution < 1.29 is 0 Å². The van der Waals surface area contributed by atoms with Crippen LogP contribution in [0.25, 0.3) is 0 Å². The van der Waals surface area contributed by atoms with Crippen molar-refractivity contribution in [2.75, 3.05) is 19.6 Å². The number of aromatic nitrogens is 2. The fourth-order valence-corrected chi connectivity index (χ4v) is 1.63. The smallest absolute Gasteiger partial charge is 0.0622 e. The van der Waals surface area contributed by atoms with Crippen LogP contribution in [-0.2, 0) is 13.0 Å². The average molecular weight is 238 g/mol. The Hall–Kier alpha value is -0.870. The number of aromatic amines is 1. The second kappa shape index (κ2) is 8.25. The molecule has 0 atom stereocenters. The SMILES string of the molecule is CCc1cc(CNCCCNCC(C)C)[nH]n1. The monoisotopic (exact) mass is 238 g/mol. The normalized spacial score (nSPS) is 11.3. The Morgan fingerprint density at radius 3 is 2.71 bits per heavy atom. The number of H-pyrrole nitrogens is 1. The summed E-state index contributed by atoms with van der Waals surface area (Å²) in [5.41, 5.74) is 2.32. The van der Waals surface area contributed by atoms with Gasteiger partial charge < -0.3 is 10.6 Å². The summed E-state index contributed by atoms with van der Waals surface area (Å²) < 4.78 is 0. The van der Waals surface area contributed by atoms with Crippen LogP contribution < -0.4 is 10.6 Å². The summed E-state index contributed by atoms with van der Waals surface area (Å²) in [6.07, 6.45) is 2.16. The van der Waals surface area contributed by atoms with Crippen LogP contribution in [0.5, 0.6) is 0 Å². The minimum atomic E-state index is 0.736. The van der Waals surface area contributed by atoms with E-state index in [1.807, 2.05) is 0 Å². The molecule has 0 aliphatic carbocycles. The largest absolute Gasteiger partial charge is 0.316 e. The maximum absolute atomic E-state index is 4.21. The van der Waals surface area contributed by atoms with Crippen molar-refractivity contribution in [2.45, 2.75) is 40.2 Å². The van der Waals surface area contributed by atoms with Crippen molar-refractivity contribution in [3.63, 3.8) is 0 Å². The van der Waals surface area contributed by atoms with Crippen molar-refractivity contribution >= 4 is 0 Å². The lowest BCUT2D eigenvalue weighted by atomic mass is 10.2. The molecule has 4 nitrogen and oxygen atoms in total. The number of hydrogen-bond donors (Lipinski definition) is 3. The van der Waals surface area contributed by atoms with Crippen molar-refractivity contribution in [3.8, 4) is 0 Å². The maximum Gasteiger partial charge on any atom is 0.0622 e. The average Bonchev–Trinajstić information content (AvgIpc) is 2.75. The Labute approximate surface area is 105 Å². The molecule has 1 aromatic heterocycles. The minimum Gasteiger partial charge on any atom is -0.316 e. The van der Waals surface area contributed by atoms with E-state index in [2.05, 4.69) is 47.7 Å². The molecule has 0 aromatic carbocycles. The highest BCUT2D eigenvalue weighted by Gasteiger charge is 1.98. The van der Waals surface area contributed by atoms with Gasteiger partial charge in [0.2, 0.25) is 0 Å². The molecular formula is C13H26N4. The highest BCUT2D eigenvalue weighted by Crippen LogP contribution is 1.99. The Morgan fingerprint density at radius 1 is 1.29 bits per heavy atom. The fraction of sp³-hybridized carbons (Fsp3) is 0.769. The molecule has 0 spiro atoms. The third-order valence-electron chi connectivity index (χ3n) is 2.62. The Kier molecular flexibility index (Phi) is 6.89. The summed E-state index contributed by atoms with van der Waals surface area (Å²) in [5.74, 6) is 0.736. The standard InChI is InChI=1S/C13H26N4/c1-4-12-8-13(17-16-12)10-15-7-5-6-14-9-11(2)3/h8,11,14-15H,4-7,9-10H2,1-3H3,(H,16,17). The Balaban J connectivity index is 1.97. The molecule has 0 aliphatic heterocycles. The highest BCUT2D eigenvalue weighted by atomic mass is 15.1. The zero-order valence-corrected chi connectivity index (χ0v) is 11.3. The van der Waals surface area contributed by atoms with Gasteiger partial charge in [0, 0.05) is 12.2 Å². The molecule has 0 unspecified atom stereocenters. The number of rotatable bonds is 9. The van der Waals surface area contributed by atoms with Crippen LogP contribution in [0.3, 0.4) is 0 Å². The van der Waals surface area contributed by atoms with Gasteiger partial charge in [-0.15, -0.1) is 0 Å². The third kappa shape index (κ3) is 6.44. The second-order valence-corrected chi connectivity index (χ2v) is 4.87. The first-order valence-corrected chi connectivity index (χ1v) is 6.67. The van der Waals surface area contributed by atoms with Gasteiger partial charge in [-0.2, -0.15) is 5.10 Å². The maximum atomic E-state index is 4.21. The van der Waals surface area contributed by atoms with E-state index in [4.69, 9.17) is 0 Å². The molecule has 0 radical (unpaired) electrons. The molecule has 1 rings (SSSR count). The Bertz CT molecular complexity index is 293. The van der Waals surface area contributed by atoms with E-state index in [-0.39, 0.29) is 0 Å². The quantitative estimate of drug-likeness (QED) is 0.574. The molecule has 3 N–H and O–H groups in total. The summed E-state index contributed by atoms with van der Waals surface area (Å²) in [6.45, 7) is 10.7. The van der Waals surface area contributed by atoms with Gasteiger partial charge >= 0.3 is 0 Å². The number of hydrogen-bond acceptors (Lipinski definition) is 3. The fourth-order valence-electron chi connectivity index (χ4n) is 1.63. The van der Waals surface area contributed by atoms with Crippen LogP contribution in [0, 0.1) is 5.92 Å². The van der Waals surface area contributed by atoms with Crippen molar-refractivity contribution in [3.05, 3.63) is 17.5 Å². The third-order valence-corrected chi connectivity index (χ3v) is 2.62. The van der Waals surface area contributed by atoms with Gasteiger partial charge in [0.15, 0.2) is 0 Å². The van der Waals surface area contributed by atoms with E-state index < -0.39 is 0 Å². The lowest BCUT2D eigenvalue weighted by molar-refractivity contribution is 0.529. The van der Waals surface area contributed by atoms with Crippen LogP contribution in [0.1, 0.15) is 38.6 Å². The van der Waals surface area contributed by atoms with Crippen molar-refractivity contribution in [1.82, 2.24) is 20.8 Å². The van der Waals surface area contributed by atoms with Gasteiger partial charge in [-0.1, -0.05) is 20.8 Å². The molecule has 1 aromatic rings. The van der Waals surface area contributed by atoms with E-state index in [0.717, 1.165) is 44.2 Å². The van der Waals surface area contributed by atoms with E-state index in [1.54, 1.807) is 0 Å². The minimum absolute atomic E-state index is 0.736. The first-order valence-electron chi connectivity index (χ1n) is 6.67. The van der Waals surface area contributed by atoms with Crippen LogP contribution >= 0.6 is 0 Å². The Morgan fingerprint density at radius 2 is 2.06 bits per heavy atom. The molecule has 0 amide bonds. The first-order chi connectivity index (χ1) is 8.22. The second-order valence-electron chi connectivity index (χ2n) is 4.87. The van der Waals surface area contributed by atoms with E-state index >= 15 is 0 Å². The lowest BCUT2D eigenvalue weighted by Crippen LogP contribution is -2.24. The highest BCUT2D eigenvalue weighted by molar-refractivity contribution is 5.07. The predicted molar refractivity (Wildman–Crippen MR) is 72.0 cm³/mol.